The number of nitrogens with zero attached hydrogens (tertiary/aromatic N) is 3. The standard InChI is InChI=1S/C16H15BrClN3O3/c1-3-24-12-8-10(14(18)13(17)15(12)22)7-11-9(2)20-21(16(11)23)6-4-5-19/h7-8,22H,3-4,6H2,1-2H3/b11-7+. The van der Waals surface area contributed by atoms with Gasteiger partial charge in [0.25, 0.3) is 5.91 Å². The van der Waals surface area contributed by atoms with Crippen molar-refractivity contribution < 1.29 is 14.6 Å². The van der Waals surface area contributed by atoms with Gasteiger partial charge in [-0.05, 0) is 47.5 Å². The second-order valence-electron chi connectivity index (χ2n) is 4.95. The largest absolute Gasteiger partial charge is 0.503 e. The minimum absolute atomic E-state index is 0.0946. The van der Waals surface area contributed by atoms with Crippen molar-refractivity contribution in [1.82, 2.24) is 5.01 Å². The summed E-state index contributed by atoms with van der Waals surface area (Å²) in [6.45, 7) is 4.12. The van der Waals surface area contributed by atoms with Crippen LogP contribution in [0.1, 0.15) is 25.8 Å². The highest BCUT2D eigenvalue weighted by Gasteiger charge is 2.27. The van der Waals surface area contributed by atoms with Crippen LogP contribution in [0.3, 0.4) is 0 Å². The zero-order chi connectivity index (χ0) is 17.9. The van der Waals surface area contributed by atoms with Gasteiger partial charge in [0.1, 0.15) is 0 Å². The van der Waals surface area contributed by atoms with E-state index in [4.69, 9.17) is 21.6 Å². The van der Waals surface area contributed by atoms with E-state index >= 15 is 0 Å². The number of hydrazone groups is 1. The average molecular weight is 413 g/mol. The van der Waals surface area contributed by atoms with Crippen LogP contribution in [0.5, 0.6) is 11.5 Å². The number of hydrogen-bond acceptors (Lipinski definition) is 5. The van der Waals surface area contributed by atoms with Gasteiger partial charge in [0.15, 0.2) is 11.5 Å². The second-order valence-corrected chi connectivity index (χ2v) is 6.12. The Morgan fingerprint density at radius 1 is 1.58 bits per heavy atom. The average Bonchev–Trinajstić information content (AvgIpc) is 2.82. The number of hydrogen-bond donors (Lipinski definition) is 1. The van der Waals surface area contributed by atoms with Crippen molar-refractivity contribution in [2.24, 2.45) is 5.10 Å². The Labute approximate surface area is 153 Å². The lowest BCUT2D eigenvalue weighted by Crippen LogP contribution is -2.23. The molecule has 1 N–H and O–H groups in total. The molecule has 0 unspecified atom stereocenters. The molecule has 0 aromatic heterocycles. The van der Waals surface area contributed by atoms with E-state index in [9.17, 15) is 9.90 Å². The Morgan fingerprint density at radius 2 is 2.29 bits per heavy atom. The summed E-state index contributed by atoms with van der Waals surface area (Å²) in [7, 11) is 0. The molecule has 1 heterocycles. The molecule has 0 fully saturated rings. The highest BCUT2D eigenvalue weighted by atomic mass is 79.9. The van der Waals surface area contributed by atoms with Gasteiger partial charge in [-0.25, -0.2) is 5.01 Å². The molecular weight excluding hydrogens is 398 g/mol. The van der Waals surface area contributed by atoms with Crippen LogP contribution < -0.4 is 4.74 Å². The monoisotopic (exact) mass is 411 g/mol. The van der Waals surface area contributed by atoms with Gasteiger partial charge in [0.2, 0.25) is 0 Å². The number of phenols is 1. The van der Waals surface area contributed by atoms with Crippen LogP contribution in [-0.2, 0) is 4.79 Å². The lowest BCUT2D eigenvalue weighted by atomic mass is 10.1. The summed E-state index contributed by atoms with van der Waals surface area (Å²) in [6, 6.07) is 3.55. The predicted octanol–water partition coefficient (Wildman–Crippen LogP) is 3.72. The molecule has 0 saturated heterocycles. The smallest absolute Gasteiger partial charge is 0.275 e. The van der Waals surface area contributed by atoms with Gasteiger partial charge in [-0.1, -0.05) is 11.6 Å². The molecule has 1 aromatic carbocycles. The summed E-state index contributed by atoms with van der Waals surface area (Å²) in [5.74, 6) is -0.120. The first kappa shape index (κ1) is 18.3. The molecule has 1 amide bonds. The van der Waals surface area contributed by atoms with Crippen LogP contribution in [0, 0.1) is 11.3 Å². The third-order valence-electron chi connectivity index (χ3n) is 3.33. The summed E-state index contributed by atoms with van der Waals surface area (Å²) in [6.07, 6.45) is 1.80. The third kappa shape index (κ3) is 3.55. The maximum Gasteiger partial charge on any atom is 0.275 e. The molecule has 8 heteroatoms. The first-order valence-corrected chi connectivity index (χ1v) is 8.37. The van der Waals surface area contributed by atoms with Crippen LogP contribution in [0.2, 0.25) is 5.02 Å². The third-order valence-corrected chi connectivity index (χ3v) is 4.74. The number of carbonyl (C=O) groups excluding carboxylic acids is 1. The highest BCUT2D eigenvalue weighted by Crippen LogP contribution is 2.42. The fourth-order valence-electron chi connectivity index (χ4n) is 2.19. The molecule has 0 atom stereocenters. The Morgan fingerprint density at radius 3 is 2.92 bits per heavy atom. The molecule has 1 aliphatic rings. The molecule has 2 rings (SSSR count). The van der Waals surface area contributed by atoms with Gasteiger partial charge in [0.05, 0.1) is 46.4 Å². The summed E-state index contributed by atoms with van der Waals surface area (Å²) < 4.78 is 5.67. The molecule has 0 saturated carbocycles. The molecule has 24 heavy (non-hydrogen) atoms. The van der Waals surface area contributed by atoms with E-state index in [0.717, 1.165) is 0 Å². The van der Waals surface area contributed by atoms with Crippen molar-refractivity contribution in [1.29, 1.82) is 5.26 Å². The van der Waals surface area contributed by atoms with E-state index in [1.54, 1.807) is 26.0 Å². The minimum atomic E-state index is -0.291. The normalized spacial score (nSPS) is 15.6. The van der Waals surface area contributed by atoms with Crippen molar-refractivity contribution in [3.63, 3.8) is 0 Å². The quantitative estimate of drug-likeness (QED) is 0.747. The Balaban J connectivity index is 2.43. The van der Waals surface area contributed by atoms with Gasteiger partial charge in [-0.15, -0.1) is 0 Å². The molecule has 6 nitrogen and oxygen atoms in total. The first-order chi connectivity index (χ1) is 11.4. The lowest BCUT2D eigenvalue weighted by Gasteiger charge is -2.12. The molecular formula is C16H15BrClN3O3. The molecule has 0 radical (unpaired) electrons. The topological polar surface area (TPSA) is 85.9 Å². The maximum atomic E-state index is 12.4. The maximum absolute atomic E-state index is 12.4. The first-order valence-electron chi connectivity index (χ1n) is 7.20. The van der Waals surface area contributed by atoms with Crippen molar-refractivity contribution in [2.75, 3.05) is 13.2 Å². The minimum Gasteiger partial charge on any atom is -0.503 e. The van der Waals surface area contributed by atoms with Gasteiger partial charge < -0.3 is 9.84 Å². The molecule has 0 spiro atoms. The van der Waals surface area contributed by atoms with Gasteiger partial charge in [-0.3, -0.25) is 4.79 Å². The zero-order valence-corrected chi connectivity index (χ0v) is 15.5. The van der Waals surface area contributed by atoms with Crippen molar-refractivity contribution in [3.05, 3.63) is 26.7 Å². The number of halogens is 2. The molecule has 0 aliphatic carbocycles. The second kappa shape index (κ2) is 7.69. The van der Waals surface area contributed by atoms with Gasteiger partial charge >= 0.3 is 0 Å². The summed E-state index contributed by atoms with van der Waals surface area (Å²) in [5, 5.41) is 24.4. The van der Waals surface area contributed by atoms with Crippen LogP contribution in [0.4, 0.5) is 0 Å². The summed E-state index contributed by atoms with van der Waals surface area (Å²) in [4.78, 5) is 12.4. The van der Waals surface area contributed by atoms with E-state index in [-0.39, 0.29) is 35.4 Å². The number of ether oxygens (including phenoxy) is 1. The van der Waals surface area contributed by atoms with Crippen LogP contribution in [0.25, 0.3) is 6.08 Å². The van der Waals surface area contributed by atoms with Crippen molar-refractivity contribution in [2.45, 2.75) is 20.3 Å². The lowest BCUT2D eigenvalue weighted by molar-refractivity contribution is -0.125. The number of nitriles is 1. The number of aromatic hydroxyl groups is 1. The Kier molecular flexibility index (Phi) is 5.86. The summed E-state index contributed by atoms with van der Waals surface area (Å²) in [5.41, 5.74) is 1.44. The molecule has 0 bridgehead atoms. The van der Waals surface area contributed by atoms with Gasteiger partial charge in [0, 0.05) is 0 Å². The molecule has 1 aromatic rings. The SMILES string of the molecule is CCOc1cc(/C=C2/C(=O)N(CCC#N)N=C2C)c(Cl)c(Br)c1O. The van der Waals surface area contributed by atoms with Crippen molar-refractivity contribution >= 4 is 45.2 Å². The fraction of sp³-hybridized carbons (Fsp3) is 0.312. The Bertz CT molecular complexity index is 784. The zero-order valence-electron chi connectivity index (χ0n) is 13.1. The van der Waals surface area contributed by atoms with E-state index in [1.807, 2.05) is 6.07 Å². The summed E-state index contributed by atoms with van der Waals surface area (Å²) >= 11 is 9.47. The number of benzene rings is 1. The molecule has 1 aliphatic heterocycles. The predicted molar refractivity (Wildman–Crippen MR) is 95.0 cm³/mol. The van der Waals surface area contributed by atoms with Crippen LogP contribution >= 0.6 is 27.5 Å². The number of rotatable bonds is 5. The van der Waals surface area contributed by atoms with E-state index in [0.29, 0.717) is 27.9 Å². The van der Waals surface area contributed by atoms with Crippen LogP contribution in [-0.4, -0.2) is 34.9 Å². The van der Waals surface area contributed by atoms with Gasteiger partial charge in [-0.2, -0.15) is 10.4 Å². The number of amides is 1. The fourth-order valence-corrected chi connectivity index (χ4v) is 2.81. The highest BCUT2D eigenvalue weighted by molar-refractivity contribution is 9.10. The van der Waals surface area contributed by atoms with E-state index < -0.39 is 0 Å². The number of carbonyl (C=O) groups is 1. The van der Waals surface area contributed by atoms with Crippen molar-refractivity contribution in [3.8, 4) is 17.6 Å². The Hall–Kier alpha value is -2.04. The van der Waals surface area contributed by atoms with E-state index in [1.165, 1.54) is 5.01 Å². The molecule has 126 valence electrons. The number of phenolic OH excluding ortho intramolecular Hbond substituents is 1. The van der Waals surface area contributed by atoms with Crippen LogP contribution in [0.15, 0.2) is 21.2 Å². The van der Waals surface area contributed by atoms with E-state index in [2.05, 4.69) is 21.0 Å².